The molecule has 1 aliphatic heterocycles. The molecular formula is C32H35ClINO6S. The molecule has 5 rings (SSSR count). The first-order chi connectivity index (χ1) is 19.5. The fourth-order valence-corrected chi connectivity index (χ4v) is 8.32. The zero-order valence-corrected chi connectivity index (χ0v) is 28.4. The highest BCUT2D eigenvalue weighted by molar-refractivity contribution is 14.1. The predicted molar refractivity (Wildman–Crippen MR) is 170 cm³/mol. The lowest BCUT2D eigenvalue weighted by molar-refractivity contribution is -0.119. The van der Waals surface area contributed by atoms with Crippen molar-refractivity contribution in [2.24, 2.45) is 10.8 Å². The summed E-state index contributed by atoms with van der Waals surface area (Å²) in [5.74, 6) is -0.234. The van der Waals surface area contributed by atoms with Gasteiger partial charge in [0, 0.05) is 53.4 Å². The second-order valence-corrected chi connectivity index (χ2v) is 16.0. The van der Waals surface area contributed by atoms with Gasteiger partial charge in [0.05, 0.1) is 10.2 Å². The molecule has 0 amide bonds. The molecule has 0 saturated carbocycles. The van der Waals surface area contributed by atoms with E-state index in [0.29, 0.717) is 51.0 Å². The van der Waals surface area contributed by atoms with E-state index in [9.17, 15) is 18.0 Å². The third-order valence-corrected chi connectivity index (χ3v) is 10.4. The van der Waals surface area contributed by atoms with Gasteiger partial charge in [0.1, 0.15) is 4.90 Å². The Labute approximate surface area is 266 Å². The SMILES string of the molecule is CCOc1cc(C2C3=C(CC(C)(C)CC3=O)N(C)C3=C2C(=O)CC(C)(C)C3)cc(I)c1OS(=O)(=O)c1ccc(Cl)cc1. The van der Waals surface area contributed by atoms with Gasteiger partial charge in [-0.15, -0.1) is 0 Å². The third-order valence-electron chi connectivity index (χ3n) is 8.14. The highest BCUT2D eigenvalue weighted by Crippen LogP contribution is 2.55. The number of allylic oxidation sites excluding steroid dienone is 4. The van der Waals surface area contributed by atoms with Crippen molar-refractivity contribution >= 4 is 55.9 Å². The van der Waals surface area contributed by atoms with Crippen LogP contribution in [0.1, 0.15) is 71.8 Å². The van der Waals surface area contributed by atoms with Crippen molar-refractivity contribution in [3.8, 4) is 11.5 Å². The highest BCUT2D eigenvalue weighted by atomic mass is 127. The van der Waals surface area contributed by atoms with Gasteiger partial charge in [-0.2, -0.15) is 8.42 Å². The third kappa shape index (κ3) is 5.76. The van der Waals surface area contributed by atoms with E-state index in [1.165, 1.54) is 24.3 Å². The number of ether oxygens (including phenoxy) is 1. The number of rotatable bonds is 6. The van der Waals surface area contributed by atoms with Crippen LogP contribution in [0.25, 0.3) is 0 Å². The van der Waals surface area contributed by atoms with Gasteiger partial charge in [-0.1, -0.05) is 39.3 Å². The number of carbonyl (C=O) groups is 2. The Balaban J connectivity index is 1.68. The van der Waals surface area contributed by atoms with Crippen LogP contribution in [0.3, 0.4) is 0 Å². The van der Waals surface area contributed by atoms with Crippen LogP contribution < -0.4 is 8.92 Å². The smallest absolute Gasteiger partial charge is 0.339 e. The van der Waals surface area contributed by atoms with Crippen molar-refractivity contribution in [3.63, 3.8) is 0 Å². The summed E-state index contributed by atoms with van der Waals surface area (Å²) < 4.78 is 38.5. The van der Waals surface area contributed by atoms with Crippen molar-refractivity contribution in [2.75, 3.05) is 13.7 Å². The van der Waals surface area contributed by atoms with Crippen LogP contribution >= 0.6 is 34.2 Å². The van der Waals surface area contributed by atoms with E-state index in [1.807, 2.05) is 29.6 Å². The molecule has 42 heavy (non-hydrogen) atoms. The molecule has 2 aromatic carbocycles. The summed E-state index contributed by atoms with van der Waals surface area (Å²) in [6.45, 7) is 10.4. The van der Waals surface area contributed by atoms with E-state index in [1.54, 1.807) is 19.1 Å². The Morgan fingerprint density at radius 1 is 0.929 bits per heavy atom. The average Bonchev–Trinajstić information content (AvgIpc) is 2.86. The van der Waals surface area contributed by atoms with Crippen molar-refractivity contribution in [1.29, 1.82) is 0 Å². The van der Waals surface area contributed by atoms with Crippen LogP contribution in [0.2, 0.25) is 5.02 Å². The number of hydrogen-bond acceptors (Lipinski definition) is 7. The molecule has 3 aliphatic rings. The van der Waals surface area contributed by atoms with Gasteiger partial charge >= 0.3 is 10.1 Å². The Hall–Kier alpha value is -2.37. The molecule has 1 heterocycles. The summed E-state index contributed by atoms with van der Waals surface area (Å²) in [5.41, 5.74) is 3.47. The number of ketones is 2. The monoisotopic (exact) mass is 723 g/mol. The quantitative estimate of drug-likeness (QED) is 0.226. The summed E-state index contributed by atoms with van der Waals surface area (Å²) in [6, 6.07) is 9.26. The highest BCUT2D eigenvalue weighted by Gasteiger charge is 2.48. The zero-order chi connectivity index (χ0) is 30.8. The normalized spacial score (nSPS) is 20.4. The van der Waals surface area contributed by atoms with Gasteiger partial charge < -0.3 is 13.8 Å². The molecule has 0 atom stereocenters. The second kappa shape index (κ2) is 11.0. The Kier molecular flexibility index (Phi) is 8.11. The largest absolute Gasteiger partial charge is 0.490 e. The lowest BCUT2D eigenvalue weighted by Gasteiger charge is -2.48. The molecule has 0 N–H and O–H groups in total. The number of Topliss-reactive ketones (excluding diaryl/α,β-unsaturated/α-hetero) is 2. The molecular weight excluding hydrogens is 689 g/mol. The molecule has 0 radical (unpaired) electrons. The lowest BCUT2D eigenvalue weighted by Crippen LogP contribution is -2.43. The van der Waals surface area contributed by atoms with Crippen molar-refractivity contribution in [2.45, 2.75) is 71.1 Å². The minimum absolute atomic E-state index is 0.0286. The first-order valence-electron chi connectivity index (χ1n) is 14.0. The van der Waals surface area contributed by atoms with Gasteiger partial charge in [0.2, 0.25) is 0 Å². The molecule has 0 bridgehead atoms. The molecule has 7 nitrogen and oxygen atoms in total. The Bertz CT molecular complexity index is 1600. The molecule has 0 aromatic heterocycles. The standard InChI is InChI=1S/C32H35ClINO6S/c1-7-40-26-13-18(12-21(34)30(26)41-42(38,39)20-10-8-19(33)9-11-20)27-28-22(14-31(2,3)16-24(28)36)35(6)23-15-32(4,5)17-25(37)29(23)27/h8-13,27H,7,14-17H2,1-6H3. The number of nitrogens with zero attached hydrogens (tertiary/aromatic N) is 1. The molecule has 0 saturated heterocycles. The topological polar surface area (TPSA) is 90.0 Å². The number of carbonyl (C=O) groups excluding carboxylic acids is 2. The van der Waals surface area contributed by atoms with E-state index >= 15 is 0 Å². The van der Waals surface area contributed by atoms with Gasteiger partial charge in [-0.05, 0) is 95.1 Å². The summed E-state index contributed by atoms with van der Waals surface area (Å²) in [4.78, 5) is 29.7. The molecule has 224 valence electrons. The average molecular weight is 724 g/mol. The van der Waals surface area contributed by atoms with Gasteiger partial charge in [-0.3, -0.25) is 9.59 Å². The summed E-state index contributed by atoms with van der Waals surface area (Å²) in [5, 5.41) is 0.407. The number of halogens is 2. The second-order valence-electron chi connectivity index (χ2n) is 12.8. The van der Waals surface area contributed by atoms with Gasteiger partial charge in [0.25, 0.3) is 0 Å². The van der Waals surface area contributed by atoms with Crippen molar-refractivity contribution < 1.29 is 26.9 Å². The fourth-order valence-electron chi connectivity index (χ4n) is 6.36. The van der Waals surface area contributed by atoms with Crippen LogP contribution in [-0.4, -0.2) is 38.5 Å². The lowest BCUT2D eigenvalue weighted by atomic mass is 9.64. The Morgan fingerprint density at radius 3 is 1.95 bits per heavy atom. The maximum Gasteiger partial charge on any atom is 0.339 e. The maximum absolute atomic E-state index is 13.8. The molecule has 0 spiro atoms. The van der Waals surface area contributed by atoms with E-state index < -0.39 is 16.0 Å². The predicted octanol–water partition coefficient (Wildman–Crippen LogP) is 7.43. The van der Waals surface area contributed by atoms with E-state index in [2.05, 4.69) is 32.6 Å². The molecule has 2 aromatic rings. The molecule has 0 unspecified atom stereocenters. The van der Waals surface area contributed by atoms with E-state index in [-0.39, 0.29) is 45.4 Å². The summed E-state index contributed by atoms with van der Waals surface area (Å²) in [6.07, 6.45) is 2.19. The van der Waals surface area contributed by atoms with Crippen LogP contribution in [-0.2, 0) is 19.7 Å². The zero-order valence-electron chi connectivity index (χ0n) is 24.6. The van der Waals surface area contributed by atoms with Crippen LogP contribution in [0, 0.1) is 14.4 Å². The minimum atomic E-state index is -4.20. The Morgan fingerprint density at radius 2 is 1.45 bits per heavy atom. The first-order valence-corrected chi connectivity index (χ1v) is 16.8. The maximum atomic E-state index is 13.8. The van der Waals surface area contributed by atoms with Crippen LogP contribution in [0.5, 0.6) is 11.5 Å². The van der Waals surface area contributed by atoms with E-state index in [0.717, 1.165) is 11.4 Å². The van der Waals surface area contributed by atoms with E-state index in [4.69, 9.17) is 20.5 Å². The molecule has 2 aliphatic carbocycles. The van der Waals surface area contributed by atoms with Gasteiger partial charge in [0.15, 0.2) is 23.1 Å². The fraction of sp³-hybridized carbons (Fsp3) is 0.438. The van der Waals surface area contributed by atoms with Crippen LogP contribution in [0.15, 0.2) is 63.8 Å². The summed E-state index contributed by atoms with van der Waals surface area (Å²) >= 11 is 7.98. The van der Waals surface area contributed by atoms with Crippen molar-refractivity contribution in [1.82, 2.24) is 4.90 Å². The molecule has 0 fully saturated rings. The molecule has 10 heteroatoms. The van der Waals surface area contributed by atoms with Crippen molar-refractivity contribution in [3.05, 3.63) is 73.1 Å². The van der Waals surface area contributed by atoms with Crippen LogP contribution in [0.4, 0.5) is 0 Å². The first kappa shape index (κ1) is 31.1. The summed E-state index contributed by atoms with van der Waals surface area (Å²) in [7, 11) is -2.23. The minimum Gasteiger partial charge on any atom is -0.490 e. The number of benzene rings is 2. The number of hydrogen-bond donors (Lipinski definition) is 0. The van der Waals surface area contributed by atoms with Gasteiger partial charge in [-0.25, -0.2) is 0 Å².